The van der Waals surface area contributed by atoms with Crippen LogP contribution in [-0.2, 0) is 19.0 Å². The van der Waals surface area contributed by atoms with E-state index in [9.17, 15) is 4.79 Å². The summed E-state index contributed by atoms with van der Waals surface area (Å²) < 4.78 is 14.9. The van der Waals surface area contributed by atoms with Gasteiger partial charge < -0.3 is 25.1 Å². The van der Waals surface area contributed by atoms with Gasteiger partial charge in [-0.1, -0.05) is 24.4 Å². The molecular formula is C14H28N4O5. The summed E-state index contributed by atoms with van der Waals surface area (Å²) in [6, 6.07) is 0.536. The van der Waals surface area contributed by atoms with Gasteiger partial charge in [-0.25, -0.2) is 4.79 Å². The van der Waals surface area contributed by atoms with Gasteiger partial charge in [0.15, 0.2) is 0 Å². The number of ether oxygens (including phenoxy) is 3. The number of carboxylic acid groups (broad SMARTS) is 1. The van der Waals surface area contributed by atoms with E-state index in [0.29, 0.717) is 39.0 Å². The SMILES string of the molecule is NC1CCCCC1.[N-]=[N+]=NCCOCCOCCOCC(=O)O. The molecule has 3 N–H and O–H groups in total. The molecule has 0 aromatic carbocycles. The first-order valence-corrected chi connectivity index (χ1v) is 7.88. The molecule has 0 aromatic rings. The number of carbonyl (C=O) groups is 1. The Morgan fingerprint density at radius 1 is 1.09 bits per heavy atom. The molecule has 0 unspecified atom stereocenters. The number of hydrogen-bond donors (Lipinski definition) is 2. The molecule has 1 aliphatic rings. The van der Waals surface area contributed by atoms with Crippen molar-refractivity contribution < 1.29 is 24.1 Å². The first-order chi connectivity index (χ1) is 11.2. The Bertz CT molecular complexity index is 321. The third kappa shape index (κ3) is 18.6. The third-order valence-corrected chi connectivity index (χ3v) is 3.02. The van der Waals surface area contributed by atoms with E-state index in [1.54, 1.807) is 0 Å². The Hall–Kier alpha value is -1.38. The van der Waals surface area contributed by atoms with E-state index in [4.69, 9.17) is 30.6 Å². The van der Waals surface area contributed by atoms with Gasteiger partial charge in [0.1, 0.15) is 6.61 Å². The van der Waals surface area contributed by atoms with E-state index in [-0.39, 0.29) is 13.2 Å². The molecule has 1 fully saturated rings. The average molecular weight is 332 g/mol. The Morgan fingerprint density at radius 2 is 1.65 bits per heavy atom. The van der Waals surface area contributed by atoms with Crippen molar-refractivity contribution in [3.8, 4) is 0 Å². The summed E-state index contributed by atoms with van der Waals surface area (Å²) in [5, 5.41) is 11.5. The molecule has 0 bridgehead atoms. The van der Waals surface area contributed by atoms with Crippen LogP contribution in [0.4, 0.5) is 0 Å². The molecule has 0 aromatic heterocycles. The number of carboxylic acids is 1. The van der Waals surface area contributed by atoms with Crippen LogP contribution in [0.5, 0.6) is 0 Å². The second-order valence-electron chi connectivity index (χ2n) is 5.02. The number of aliphatic carboxylic acids is 1. The summed E-state index contributed by atoms with van der Waals surface area (Å²) in [5.41, 5.74) is 13.6. The number of rotatable bonds is 11. The van der Waals surface area contributed by atoms with Gasteiger partial charge >= 0.3 is 5.97 Å². The minimum absolute atomic E-state index is 0.241. The van der Waals surface area contributed by atoms with E-state index in [1.807, 2.05) is 0 Å². The molecule has 1 rings (SSSR count). The molecule has 23 heavy (non-hydrogen) atoms. The largest absolute Gasteiger partial charge is 0.480 e. The van der Waals surface area contributed by atoms with Gasteiger partial charge in [0, 0.05) is 17.5 Å². The highest BCUT2D eigenvalue weighted by Gasteiger charge is 2.06. The minimum atomic E-state index is -0.999. The lowest BCUT2D eigenvalue weighted by molar-refractivity contribution is -0.142. The fourth-order valence-electron chi connectivity index (χ4n) is 1.88. The monoisotopic (exact) mass is 332 g/mol. The molecule has 0 radical (unpaired) electrons. The third-order valence-electron chi connectivity index (χ3n) is 3.02. The fourth-order valence-corrected chi connectivity index (χ4v) is 1.88. The first-order valence-electron chi connectivity index (χ1n) is 7.88. The molecule has 9 nitrogen and oxygen atoms in total. The topological polar surface area (TPSA) is 140 Å². The molecular weight excluding hydrogens is 304 g/mol. The Morgan fingerprint density at radius 3 is 2.13 bits per heavy atom. The number of nitrogens with two attached hydrogens (primary N) is 1. The van der Waals surface area contributed by atoms with Crippen LogP contribution in [0.25, 0.3) is 10.4 Å². The van der Waals surface area contributed by atoms with Crippen LogP contribution in [-0.4, -0.2) is 63.3 Å². The van der Waals surface area contributed by atoms with Crippen LogP contribution in [0.3, 0.4) is 0 Å². The average Bonchev–Trinajstić information content (AvgIpc) is 2.54. The van der Waals surface area contributed by atoms with E-state index >= 15 is 0 Å². The molecule has 1 saturated carbocycles. The smallest absolute Gasteiger partial charge is 0.329 e. The predicted molar refractivity (Wildman–Crippen MR) is 85.2 cm³/mol. The second kappa shape index (κ2) is 17.0. The van der Waals surface area contributed by atoms with Crippen molar-refractivity contribution in [2.24, 2.45) is 10.8 Å². The lowest BCUT2D eigenvalue weighted by Gasteiger charge is -2.15. The number of azide groups is 1. The van der Waals surface area contributed by atoms with Gasteiger partial charge in [-0.05, 0) is 18.4 Å². The van der Waals surface area contributed by atoms with E-state index in [2.05, 4.69) is 10.0 Å². The molecule has 0 heterocycles. The quantitative estimate of drug-likeness (QED) is 0.255. The van der Waals surface area contributed by atoms with Crippen molar-refractivity contribution in [2.75, 3.05) is 46.2 Å². The molecule has 0 aliphatic heterocycles. The van der Waals surface area contributed by atoms with Crippen molar-refractivity contribution >= 4 is 5.97 Å². The maximum absolute atomic E-state index is 10.0. The van der Waals surface area contributed by atoms with Crippen LogP contribution >= 0.6 is 0 Å². The van der Waals surface area contributed by atoms with Gasteiger partial charge in [0.2, 0.25) is 0 Å². The standard InChI is InChI=1S/C8H15N3O5.C6H13N/c9-11-10-1-2-14-3-4-15-5-6-16-7-8(12)13;7-6-4-2-1-3-5-6/h1-7H2,(H,12,13);6H,1-5,7H2. The normalized spacial score (nSPS) is 14.5. The van der Waals surface area contributed by atoms with Crippen LogP contribution in [0.1, 0.15) is 32.1 Å². The highest BCUT2D eigenvalue weighted by molar-refractivity contribution is 5.67. The zero-order chi connectivity index (χ0) is 17.2. The van der Waals surface area contributed by atoms with Crippen LogP contribution in [0.2, 0.25) is 0 Å². The summed E-state index contributed by atoms with van der Waals surface area (Å²) in [6.45, 7) is 1.72. The fraction of sp³-hybridized carbons (Fsp3) is 0.929. The molecule has 0 saturated heterocycles. The predicted octanol–water partition coefficient (Wildman–Crippen LogP) is 1.71. The van der Waals surface area contributed by atoms with Crippen molar-refractivity contribution in [2.45, 2.75) is 38.1 Å². The van der Waals surface area contributed by atoms with Crippen LogP contribution in [0, 0.1) is 0 Å². The highest BCUT2D eigenvalue weighted by Crippen LogP contribution is 2.14. The van der Waals surface area contributed by atoms with Crippen molar-refractivity contribution in [1.82, 2.24) is 0 Å². The van der Waals surface area contributed by atoms with E-state index < -0.39 is 5.97 Å². The van der Waals surface area contributed by atoms with Crippen LogP contribution in [0.15, 0.2) is 5.11 Å². The summed E-state index contributed by atoms with van der Waals surface area (Å²) in [7, 11) is 0. The maximum Gasteiger partial charge on any atom is 0.329 e. The first kappa shape index (κ1) is 21.6. The number of hydrogen-bond acceptors (Lipinski definition) is 6. The Kier molecular flexibility index (Phi) is 16.0. The lowest BCUT2D eigenvalue weighted by atomic mass is 9.97. The molecule has 0 atom stereocenters. The van der Waals surface area contributed by atoms with E-state index in [0.717, 1.165) is 0 Å². The van der Waals surface area contributed by atoms with Gasteiger partial charge in [-0.15, -0.1) is 0 Å². The molecule has 0 amide bonds. The van der Waals surface area contributed by atoms with Gasteiger partial charge in [-0.3, -0.25) is 0 Å². The summed E-state index contributed by atoms with van der Waals surface area (Å²) in [6.07, 6.45) is 6.66. The maximum atomic E-state index is 10.0. The van der Waals surface area contributed by atoms with Crippen molar-refractivity contribution in [3.63, 3.8) is 0 Å². The second-order valence-corrected chi connectivity index (χ2v) is 5.02. The summed E-state index contributed by atoms with van der Waals surface area (Å²) >= 11 is 0. The van der Waals surface area contributed by atoms with E-state index in [1.165, 1.54) is 32.1 Å². The van der Waals surface area contributed by atoms with Crippen molar-refractivity contribution in [1.29, 1.82) is 0 Å². The molecule has 1 aliphatic carbocycles. The Labute approximate surface area is 136 Å². The Balaban J connectivity index is 0.000000568. The van der Waals surface area contributed by atoms with Gasteiger partial charge in [0.25, 0.3) is 0 Å². The zero-order valence-electron chi connectivity index (χ0n) is 13.6. The zero-order valence-corrected chi connectivity index (χ0v) is 13.6. The summed E-state index contributed by atoms with van der Waals surface area (Å²) in [5.74, 6) is -0.999. The molecule has 134 valence electrons. The van der Waals surface area contributed by atoms with Gasteiger partial charge in [0.05, 0.1) is 33.0 Å². The summed E-state index contributed by atoms with van der Waals surface area (Å²) in [4.78, 5) is 12.6. The highest BCUT2D eigenvalue weighted by atomic mass is 16.5. The molecule has 9 heteroatoms. The number of nitrogens with zero attached hydrogens (tertiary/aromatic N) is 3. The van der Waals surface area contributed by atoms with Crippen LogP contribution < -0.4 is 5.73 Å². The van der Waals surface area contributed by atoms with Gasteiger partial charge in [-0.2, -0.15) is 0 Å². The lowest BCUT2D eigenvalue weighted by Crippen LogP contribution is -2.22. The minimum Gasteiger partial charge on any atom is -0.480 e. The van der Waals surface area contributed by atoms with Crippen molar-refractivity contribution in [3.05, 3.63) is 10.4 Å². The molecule has 0 spiro atoms.